The number of thiophene rings is 1. The van der Waals surface area contributed by atoms with Gasteiger partial charge in [0.25, 0.3) is 5.69 Å². The van der Waals surface area contributed by atoms with Gasteiger partial charge < -0.3 is 0 Å². The first-order valence-corrected chi connectivity index (χ1v) is 10.1. The van der Waals surface area contributed by atoms with E-state index in [0.29, 0.717) is 5.56 Å². The number of carbonyl (C=O) groups is 1. The van der Waals surface area contributed by atoms with Gasteiger partial charge in [-0.2, -0.15) is 0 Å². The van der Waals surface area contributed by atoms with Gasteiger partial charge in [0.1, 0.15) is 16.2 Å². The summed E-state index contributed by atoms with van der Waals surface area (Å²) in [4.78, 5) is 33.3. The molecular formula is C20H13N3O3S2. The van der Waals surface area contributed by atoms with Gasteiger partial charge in [-0.3, -0.25) is 14.9 Å². The topological polar surface area (TPSA) is 86.0 Å². The molecule has 0 saturated heterocycles. The molecule has 4 aromatic rings. The highest BCUT2D eigenvalue weighted by Gasteiger charge is 2.14. The van der Waals surface area contributed by atoms with E-state index in [2.05, 4.69) is 9.97 Å². The molecule has 0 fully saturated rings. The Bertz CT molecular complexity index is 1160. The lowest BCUT2D eigenvalue weighted by Gasteiger charge is -2.02. The summed E-state index contributed by atoms with van der Waals surface area (Å²) in [5.41, 5.74) is 1.52. The monoisotopic (exact) mass is 407 g/mol. The van der Waals surface area contributed by atoms with Crippen molar-refractivity contribution in [2.45, 2.75) is 5.03 Å². The van der Waals surface area contributed by atoms with E-state index in [9.17, 15) is 14.9 Å². The van der Waals surface area contributed by atoms with Crippen molar-refractivity contribution >= 4 is 44.8 Å². The molecule has 2 aromatic heterocycles. The second-order valence-electron chi connectivity index (χ2n) is 5.89. The Balaban J connectivity index is 1.54. The van der Waals surface area contributed by atoms with Crippen molar-refractivity contribution in [3.8, 4) is 10.4 Å². The Hall–Kier alpha value is -3.10. The number of nitrogens with zero attached hydrogens (tertiary/aromatic N) is 3. The molecule has 0 atom stereocenters. The number of hydrogen-bond acceptors (Lipinski definition) is 7. The minimum Gasteiger partial charge on any atom is -0.293 e. The maximum absolute atomic E-state index is 12.4. The van der Waals surface area contributed by atoms with Crippen LogP contribution in [0.5, 0.6) is 0 Å². The number of carbonyl (C=O) groups excluding carboxylic acids is 1. The number of nitro groups is 1. The van der Waals surface area contributed by atoms with Crippen LogP contribution >= 0.6 is 23.1 Å². The lowest BCUT2D eigenvalue weighted by Crippen LogP contribution is -2.03. The molecule has 2 heterocycles. The summed E-state index contributed by atoms with van der Waals surface area (Å²) in [6.07, 6.45) is 1.51. The van der Waals surface area contributed by atoms with Gasteiger partial charge >= 0.3 is 0 Å². The Morgan fingerprint density at radius 1 is 1.07 bits per heavy atom. The van der Waals surface area contributed by atoms with Crippen LogP contribution in [0.2, 0.25) is 0 Å². The smallest absolute Gasteiger partial charge is 0.269 e. The van der Waals surface area contributed by atoms with Crippen LogP contribution in [0, 0.1) is 10.1 Å². The maximum Gasteiger partial charge on any atom is 0.269 e. The van der Waals surface area contributed by atoms with Gasteiger partial charge in [-0.25, -0.2) is 9.97 Å². The molecule has 0 amide bonds. The van der Waals surface area contributed by atoms with Gasteiger partial charge in [0.2, 0.25) is 0 Å². The van der Waals surface area contributed by atoms with Crippen LogP contribution in [-0.4, -0.2) is 26.4 Å². The molecule has 28 heavy (non-hydrogen) atoms. The zero-order valence-electron chi connectivity index (χ0n) is 14.4. The molecule has 138 valence electrons. The van der Waals surface area contributed by atoms with Gasteiger partial charge in [-0.1, -0.05) is 42.1 Å². The minimum atomic E-state index is -0.485. The van der Waals surface area contributed by atoms with E-state index >= 15 is 0 Å². The van der Waals surface area contributed by atoms with Crippen molar-refractivity contribution in [2.24, 2.45) is 0 Å². The summed E-state index contributed by atoms with van der Waals surface area (Å²) in [6, 6.07) is 17.7. The van der Waals surface area contributed by atoms with Gasteiger partial charge in [-0.15, -0.1) is 11.3 Å². The normalized spacial score (nSPS) is 10.9. The fourth-order valence-corrected chi connectivity index (χ4v) is 4.62. The second-order valence-corrected chi connectivity index (χ2v) is 7.88. The average Bonchev–Trinajstić information content (AvgIpc) is 3.17. The van der Waals surface area contributed by atoms with Crippen LogP contribution in [0.25, 0.3) is 20.7 Å². The Labute approximate surface area is 168 Å². The van der Waals surface area contributed by atoms with Crippen molar-refractivity contribution in [3.63, 3.8) is 0 Å². The lowest BCUT2D eigenvalue weighted by molar-refractivity contribution is -0.384. The van der Waals surface area contributed by atoms with Gasteiger partial charge in [0.15, 0.2) is 5.78 Å². The van der Waals surface area contributed by atoms with Crippen molar-refractivity contribution in [3.05, 3.63) is 82.7 Å². The van der Waals surface area contributed by atoms with E-state index in [1.54, 1.807) is 11.3 Å². The third-order valence-corrected chi connectivity index (χ3v) is 6.19. The third-order valence-electron chi connectivity index (χ3n) is 4.09. The molecule has 0 aliphatic carbocycles. The van der Waals surface area contributed by atoms with Gasteiger partial charge in [0, 0.05) is 28.0 Å². The number of rotatable bonds is 6. The van der Waals surface area contributed by atoms with Crippen LogP contribution in [0.3, 0.4) is 0 Å². The third kappa shape index (κ3) is 3.78. The van der Waals surface area contributed by atoms with E-state index in [4.69, 9.17) is 0 Å². The molecule has 0 aliphatic rings. The summed E-state index contributed by atoms with van der Waals surface area (Å²) in [5.74, 6) is 0.0886. The highest BCUT2D eigenvalue weighted by molar-refractivity contribution is 8.00. The fourth-order valence-electron chi connectivity index (χ4n) is 2.68. The fraction of sp³-hybridized carbons (Fsp3) is 0.0500. The Morgan fingerprint density at radius 3 is 2.54 bits per heavy atom. The first kappa shape index (κ1) is 18.3. The van der Waals surface area contributed by atoms with E-state index in [1.807, 2.05) is 36.4 Å². The first-order chi connectivity index (χ1) is 13.6. The van der Waals surface area contributed by atoms with Crippen molar-refractivity contribution in [1.82, 2.24) is 9.97 Å². The molecule has 0 spiro atoms. The number of nitro benzene ring substituents is 1. The first-order valence-electron chi connectivity index (χ1n) is 8.32. The number of thioether (sulfide) groups is 1. The number of fused-ring (bicyclic) bond motifs is 1. The molecule has 0 unspecified atom stereocenters. The second kappa shape index (κ2) is 7.87. The van der Waals surface area contributed by atoms with Crippen LogP contribution in [0.1, 0.15) is 10.4 Å². The number of benzene rings is 2. The SMILES string of the molecule is O=C(CSc1ncnc2sc(-c3ccccc3)cc12)c1ccc([N+](=O)[O-])cc1. The Kier molecular flexibility index (Phi) is 5.14. The van der Waals surface area contributed by atoms with Gasteiger partial charge in [0.05, 0.1) is 10.7 Å². The molecule has 8 heteroatoms. The molecule has 0 bridgehead atoms. The minimum absolute atomic E-state index is 0.0339. The summed E-state index contributed by atoms with van der Waals surface area (Å²) < 4.78 is 0. The zero-order chi connectivity index (χ0) is 19.5. The highest BCUT2D eigenvalue weighted by atomic mass is 32.2. The number of Topliss-reactive ketones (excluding diaryl/α,β-unsaturated/α-hetero) is 1. The average molecular weight is 407 g/mol. The molecular weight excluding hydrogens is 394 g/mol. The molecule has 6 nitrogen and oxygen atoms in total. The van der Waals surface area contributed by atoms with E-state index in [1.165, 1.54) is 42.4 Å². The summed E-state index contributed by atoms with van der Waals surface area (Å²) >= 11 is 2.93. The highest BCUT2D eigenvalue weighted by Crippen LogP contribution is 2.36. The molecule has 0 radical (unpaired) electrons. The lowest BCUT2D eigenvalue weighted by atomic mass is 10.1. The summed E-state index contributed by atoms with van der Waals surface area (Å²) in [6.45, 7) is 0. The van der Waals surface area contributed by atoms with E-state index in [-0.39, 0.29) is 17.2 Å². The standard InChI is InChI=1S/C20H13N3O3S2/c24-17(13-6-8-15(9-7-13)23(25)26)11-27-19-16-10-18(14-4-2-1-3-5-14)28-20(16)22-12-21-19/h1-10,12H,11H2. The van der Waals surface area contributed by atoms with E-state index in [0.717, 1.165) is 25.7 Å². The predicted molar refractivity (Wildman–Crippen MR) is 111 cm³/mol. The Morgan fingerprint density at radius 2 is 1.82 bits per heavy atom. The van der Waals surface area contributed by atoms with Crippen molar-refractivity contribution in [2.75, 3.05) is 5.75 Å². The summed E-state index contributed by atoms with van der Waals surface area (Å²) in [7, 11) is 0. The van der Waals surface area contributed by atoms with Crippen LogP contribution in [0.4, 0.5) is 5.69 Å². The number of aromatic nitrogens is 2. The maximum atomic E-state index is 12.4. The van der Waals surface area contributed by atoms with Crippen molar-refractivity contribution < 1.29 is 9.72 Å². The van der Waals surface area contributed by atoms with Gasteiger partial charge in [-0.05, 0) is 23.8 Å². The summed E-state index contributed by atoms with van der Waals surface area (Å²) in [5, 5.41) is 12.4. The zero-order valence-corrected chi connectivity index (χ0v) is 16.1. The largest absolute Gasteiger partial charge is 0.293 e. The quantitative estimate of drug-likeness (QED) is 0.143. The number of hydrogen-bond donors (Lipinski definition) is 0. The van der Waals surface area contributed by atoms with Crippen LogP contribution in [0.15, 0.2) is 72.0 Å². The van der Waals surface area contributed by atoms with E-state index < -0.39 is 4.92 Å². The van der Waals surface area contributed by atoms with Crippen LogP contribution < -0.4 is 0 Å². The predicted octanol–water partition coefficient (Wildman–Crippen LogP) is 5.24. The molecule has 0 saturated carbocycles. The van der Waals surface area contributed by atoms with Crippen molar-refractivity contribution in [1.29, 1.82) is 0 Å². The number of non-ortho nitro benzene ring substituents is 1. The molecule has 0 aliphatic heterocycles. The molecule has 0 N–H and O–H groups in total. The number of ketones is 1. The van der Waals surface area contributed by atoms with Crippen LogP contribution in [-0.2, 0) is 0 Å². The molecule has 2 aromatic carbocycles. The molecule has 4 rings (SSSR count).